The summed E-state index contributed by atoms with van der Waals surface area (Å²) in [6, 6.07) is 3.22. The Bertz CT molecular complexity index is 981. The Labute approximate surface area is 199 Å². The maximum absolute atomic E-state index is 13.4. The molecule has 2 heterocycles. The van der Waals surface area contributed by atoms with Crippen LogP contribution in [-0.4, -0.2) is 45.3 Å². The zero-order valence-corrected chi connectivity index (χ0v) is 19.5. The number of aliphatic hydroxyl groups excluding tert-OH is 1. The highest BCUT2D eigenvalue weighted by molar-refractivity contribution is 5.95. The van der Waals surface area contributed by atoms with Gasteiger partial charge in [0.2, 0.25) is 12.2 Å². The number of ether oxygens (including phenoxy) is 1. The van der Waals surface area contributed by atoms with E-state index >= 15 is 0 Å². The maximum Gasteiger partial charge on any atom is 0.273 e. The van der Waals surface area contributed by atoms with E-state index in [1.54, 1.807) is 23.2 Å². The first-order valence-electron chi connectivity index (χ1n) is 12.8. The number of hydrogen-bond donors (Lipinski definition) is 3. The highest BCUT2D eigenvalue weighted by Crippen LogP contribution is 2.61. The summed E-state index contributed by atoms with van der Waals surface area (Å²) >= 11 is 0. The molecule has 4 N–H and O–H groups in total. The van der Waals surface area contributed by atoms with Crippen LogP contribution in [0.2, 0.25) is 0 Å². The highest BCUT2D eigenvalue weighted by atomic mass is 16.5. The van der Waals surface area contributed by atoms with Crippen LogP contribution in [0.15, 0.2) is 30.1 Å². The van der Waals surface area contributed by atoms with Crippen LogP contribution < -0.4 is 15.8 Å². The van der Waals surface area contributed by atoms with Crippen LogP contribution in [0.25, 0.3) is 0 Å². The summed E-state index contributed by atoms with van der Waals surface area (Å²) in [5, 5.41) is 13.9. The molecule has 0 radical (unpaired) electrons. The van der Waals surface area contributed by atoms with Crippen molar-refractivity contribution in [1.82, 2.24) is 15.2 Å². The van der Waals surface area contributed by atoms with E-state index in [-0.39, 0.29) is 34.9 Å². The van der Waals surface area contributed by atoms with Gasteiger partial charge in [-0.2, -0.15) is 0 Å². The second-order valence-corrected chi connectivity index (χ2v) is 11.3. The maximum atomic E-state index is 13.4. The Balaban J connectivity index is 1.11. The fourth-order valence-corrected chi connectivity index (χ4v) is 7.92. The Morgan fingerprint density at radius 1 is 1.15 bits per heavy atom. The minimum Gasteiger partial charge on any atom is -0.474 e. The van der Waals surface area contributed by atoms with Crippen molar-refractivity contribution in [1.29, 1.82) is 0 Å². The van der Waals surface area contributed by atoms with Crippen LogP contribution in [0.3, 0.4) is 0 Å². The third-order valence-corrected chi connectivity index (χ3v) is 8.90. The molecule has 5 saturated carbocycles. The number of pyridine rings is 1. The van der Waals surface area contributed by atoms with Crippen molar-refractivity contribution in [2.75, 3.05) is 0 Å². The lowest BCUT2D eigenvalue weighted by atomic mass is 9.49. The number of carbonyl (C=O) groups excluding carboxylic acids is 2. The third kappa shape index (κ3) is 3.85. The molecule has 8 nitrogen and oxygen atoms in total. The van der Waals surface area contributed by atoms with Crippen molar-refractivity contribution in [3.8, 4) is 5.88 Å². The fraction of sp³-hybridized carbons (Fsp3) is 0.654. The standard InChI is InChI=1S/C26H34N4O4/c27-22(31)20-2-1-7-28-23(20)34-19-5-3-18(4-6-19)30-24(32)21(29-25(30)33)14-26-11-15-8-16(12-26)10-17(9-15)13-26/h1-2,7,14-19,25,29,33H,3-6,8-13H2,(H2,27,31)/b21-14-. The molecule has 1 saturated heterocycles. The molecule has 1 aromatic rings. The van der Waals surface area contributed by atoms with Crippen LogP contribution in [-0.2, 0) is 4.79 Å². The van der Waals surface area contributed by atoms with Crippen molar-refractivity contribution >= 4 is 11.8 Å². The Morgan fingerprint density at radius 3 is 2.41 bits per heavy atom. The number of allylic oxidation sites excluding steroid dienone is 1. The number of amides is 2. The van der Waals surface area contributed by atoms with Gasteiger partial charge in [0.1, 0.15) is 17.4 Å². The number of rotatable bonds is 5. The van der Waals surface area contributed by atoms with Crippen LogP contribution in [0.1, 0.15) is 74.6 Å². The summed E-state index contributed by atoms with van der Waals surface area (Å²) in [4.78, 5) is 30.8. The monoisotopic (exact) mass is 466 g/mol. The molecule has 182 valence electrons. The van der Waals surface area contributed by atoms with E-state index in [0.717, 1.165) is 30.6 Å². The van der Waals surface area contributed by atoms with Gasteiger partial charge in [-0.1, -0.05) is 0 Å². The minimum atomic E-state index is -0.979. The van der Waals surface area contributed by atoms with E-state index in [1.807, 2.05) is 0 Å². The fourth-order valence-electron chi connectivity index (χ4n) is 7.92. The molecule has 1 atom stereocenters. The van der Waals surface area contributed by atoms with Gasteiger partial charge in [0, 0.05) is 12.2 Å². The predicted molar refractivity (Wildman–Crippen MR) is 124 cm³/mol. The Hall–Kier alpha value is -2.61. The van der Waals surface area contributed by atoms with Crippen LogP contribution in [0.4, 0.5) is 0 Å². The smallest absolute Gasteiger partial charge is 0.273 e. The van der Waals surface area contributed by atoms with Gasteiger partial charge in [-0.3, -0.25) is 14.5 Å². The van der Waals surface area contributed by atoms with Gasteiger partial charge in [-0.25, -0.2) is 4.98 Å². The van der Waals surface area contributed by atoms with Crippen molar-refractivity contribution in [2.24, 2.45) is 28.9 Å². The van der Waals surface area contributed by atoms with E-state index in [4.69, 9.17) is 10.5 Å². The van der Waals surface area contributed by atoms with Gasteiger partial charge < -0.3 is 20.9 Å². The molecule has 1 unspecified atom stereocenters. The van der Waals surface area contributed by atoms with E-state index in [2.05, 4.69) is 16.4 Å². The first-order valence-corrected chi connectivity index (χ1v) is 12.8. The Morgan fingerprint density at radius 2 is 1.79 bits per heavy atom. The van der Waals surface area contributed by atoms with E-state index in [9.17, 15) is 14.7 Å². The summed E-state index contributed by atoms with van der Waals surface area (Å²) in [7, 11) is 0. The van der Waals surface area contributed by atoms with E-state index in [0.29, 0.717) is 18.5 Å². The van der Waals surface area contributed by atoms with Crippen molar-refractivity contribution in [3.63, 3.8) is 0 Å². The van der Waals surface area contributed by atoms with Crippen molar-refractivity contribution in [3.05, 3.63) is 35.7 Å². The summed E-state index contributed by atoms with van der Waals surface area (Å²) in [6.45, 7) is 0. The number of primary amides is 1. The number of aromatic nitrogens is 1. The largest absolute Gasteiger partial charge is 0.474 e. The number of hydrogen-bond acceptors (Lipinski definition) is 6. The zero-order chi connectivity index (χ0) is 23.4. The summed E-state index contributed by atoms with van der Waals surface area (Å²) in [6.07, 6.45) is 13.2. The lowest BCUT2D eigenvalue weighted by Crippen LogP contribution is -2.47. The molecule has 1 aliphatic heterocycles. The molecule has 6 fully saturated rings. The summed E-state index contributed by atoms with van der Waals surface area (Å²) < 4.78 is 5.99. The molecule has 7 rings (SSSR count). The number of nitrogens with two attached hydrogens (primary N) is 1. The molecule has 0 aromatic carbocycles. The minimum absolute atomic E-state index is 0.0449. The van der Waals surface area contributed by atoms with Crippen molar-refractivity contribution < 1.29 is 19.4 Å². The third-order valence-electron chi connectivity index (χ3n) is 8.90. The van der Waals surface area contributed by atoms with E-state index in [1.165, 1.54) is 38.5 Å². The first kappa shape index (κ1) is 21.9. The lowest BCUT2D eigenvalue weighted by molar-refractivity contribution is -0.137. The second kappa shape index (κ2) is 8.26. The molecular formula is C26H34N4O4. The summed E-state index contributed by atoms with van der Waals surface area (Å²) in [5.41, 5.74) is 6.43. The van der Waals surface area contributed by atoms with Crippen LogP contribution in [0, 0.1) is 23.2 Å². The number of nitrogens with zero attached hydrogens (tertiary/aromatic N) is 2. The first-order chi connectivity index (χ1) is 16.4. The van der Waals surface area contributed by atoms with Crippen molar-refractivity contribution in [2.45, 2.75) is 82.7 Å². The number of carbonyl (C=O) groups is 2. The molecule has 6 aliphatic rings. The Kier molecular flexibility index (Phi) is 5.32. The average Bonchev–Trinajstić information content (AvgIpc) is 3.06. The molecule has 5 aliphatic carbocycles. The highest BCUT2D eigenvalue weighted by Gasteiger charge is 2.51. The summed E-state index contributed by atoms with van der Waals surface area (Å²) in [5.74, 6) is 2.05. The SMILES string of the molecule is NC(=O)c1cccnc1OC1CCC(N2C(=O)/C(=C/C34CC5CC(CC(C5)C3)C4)NC2O)CC1. The molecule has 2 amide bonds. The predicted octanol–water partition coefficient (Wildman–Crippen LogP) is 2.68. The topological polar surface area (TPSA) is 118 Å². The van der Waals surface area contributed by atoms with Gasteiger partial charge in [-0.05, 0) is 106 Å². The molecular weight excluding hydrogens is 432 g/mol. The number of aliphatic hydroxyl groups is 1. The van der Waals surface area contributed by atoms with E-state index < -0.39 is 12.3 Å². The molecule has 4 bridgehead atoms. The zero-order valence-electron chi connectivity index (χ0n) is 19.5. The van der Waals surface area contributed by atoms with Gasteiger partial charge >= 0.3 is 0 Å². The quantitative estimate of drug-likeness (QED) is 0.575. The average molecular weight is 467 g/mol. The second-order valence-electron chi connectivity index (χ2n) is 11.3. The van der Waals surface area contributed by atoms with Crippen LogP contribution in [0.5, 0.6) is 5.88 Å². The molecule has 34 heavy (non-hydrogen) atoms. The normalized spacial score (nSPS) is 40.0. The molecule has 8 heteroatoms. The van der Waals surface area contributed by atoms with Gasteiger partial charge in [0.05, 0.1) is 0 Å². The lowest BCUT2D eigenvalue weighted by Gasteiger charge is -2.55. The molecule has 1 aromatic heterocycles. The molecule has 0 spiro atoms. The van der Waals surface area contributed by atoms with Crippen LogP contribution >= 0.6 is 0 Å². The number of nitrogens with one attached hydrogen (secondary N) is 1. The van der Waals surface area contributed by atoms with Gasteiger partial charge in [0.15, 0.2) is 0 Å². The van der Waals surface area contributed by atoms with Gasteiger partial charge in [-0.15, -0.1) is 0 Å². The van der Waals surface area contributed by atoms with Gasteiger partial charge in [0.25, 0.3) is 11.8 Å².